The van der Waals surface area contributed by atoms with Crippen molar-refractivity contribution in [3.8, 4) is 84.2 Å². The first kappa shape index (κ1) is 46.8. The van der Waals surface area contributed by atoms with Gasteiger partial charge in [0.1, 0.15) is 0 Å². The van der Waals surface area contributed by atoms with Crippen molar-refractivity contribution >= 4 is 49.3 Å². The summed E-state index contributed by atoms with van der Waals surface area (Å²) in [6, 6.07) is 83.5. The summed E-state index contributed by atoms with van der Waals surface area (Å²) >= 11 is 0. The maximum atomic E-state index is 9.93. The molecule has 0 aliphatic heterocycles. The summed E-state index contributed by atoms with van der Waals surface area (Å²) in [5.74, 6) is 0. The van der Waals surface area contributed by atoms with Gasteiger partial charge >= 0.3 is 0 Å². The Hall–Kier alpha value is -10.0. The highest BCUT2D eigenvalue weighted by Crippen LogP contribution is 2.47. The molecule has 0 amide bonds. The van der Waals surface area contributed by atoms with E-state index in [9.17, 15) is 5.26 Å². The van der Waals surface area contributed by atoms with Gasteiger partial charge in [-0.05, 0) is 180 Å². The number of hydrogen-bond acceptors (Lipinski definition) is 1. The largest absolute Gasteiger partial charge is 0.310 e. The van der Waals surface area contributed by atoms with Crippen LogP contribution in [-0.2, 0) is 0 Å². The summed E-state index contributed by atoms with van der Waals surface area (Å²) in [5, 5.41) is 14.5. The summed E-state index contributed by atoms with van der Waals surface area (Å²) < 4.78 is 4.79. The molecule has 4 heteroatoms. The van der Waals surface area contributed by atoms with Gasteiger partial charge in [0.05, 0.1) is 46.0 Å². The fraction of sp³-hybridized carbons (Fsp3) is 0.0685. The molecule has 13 aromatic rings. The molecule has 4 nitrogen and oxygen atoms in total. The van der Waals surface area contributed by atoms with Crippen LogP contribution in [0, 0.1) is 52.5 Å². The molecule has 2 heterocycles. The Morgan fingerprint density at radius 2 is 0.727 bits per heavy atom. The third-order valence-electron chi connectivity index (χ3n) is 15.6. The quantitative estimate of drug-likeness (QED) is 0.140. The fourth-order valence-electron chi connectivity index (χ4n) is 11.5. The topological polar surface area (TPSA) is 38.0 Å². The normalized spacial score (nSPS) is 11.4. The van der Waals surface area contributed by atoms with Gasteiger partial charge in [-0.1, -0.05) is 168 Å². The minimum absolute atomic E-state index is 0.545. The van der Waals surface area contributed by atoms with E-state index in [2.05, 4.69) is 255 Å². The molecule has 11 aromatic carbocycles. The van der Waals surface area contributed by atoms with E-state index in [0.29, 0.717) is 11.3 Å². The average Bonchev–Trinajstić information content (AvgIpc) is 4.20. The molecule has 0 unspecified atom stereocenters. The first-order valence-corrected chi connectivity index (χ1v) is 26.2. The number of nitrogens with zero attached hydrogens (tertiary/aromatic N) is 4. The van der Waals surface area contributed by atoms with Crippen molar-refractivity contribution in [2.24, 2.45) is 0 Å². The Morgan fingerprint density at radius 3 is 1.10 bits per heavy atom. The van der Waals surface area contributed by atoms with E-state index in [4.69, 9.17) is 6.57 Å². The Labute approximate surface area is 449 Å². The van der Waals surface area contributed by atoms with Crippen molar-refractivity contribution in [2.75, 3.05) is 0 Å². The number of rotatable bonds is 8. The lowest BCUT2D eigenvalue weighted by molar-refractivity contribution is 1.16. The predicted octanol–water partition coefficient (Wildman–Crippen LogP) is 19.8. The number of aryl methyl sites for hydroxylation is 5. The third-order valence-corrected chi connectivity index (χ3v) is 15.6. The van der Waals surface area contributed by atoms with Gasteiger partial charge in [-0.3, -0.25) is 0 Å². The second-order valence-corrected chi connectivity index (χ2v) is 20.7. The van der Waals surface area contributed by atoms with Crippen molar-refractivity contribution in [2.45, 2.75) is 34.6 Å². The smallest absolute Gasteiger partial charge is 0.197 e. The number of hydrogen-bond donors (Lipinski definition) is 0. The molecule has 0 radical (unpaired) electrons. The molecule has 0 aliphatic rings. The Bertz CT molecular complexity index is 4390. The molecule has 0 spiro atoms. The van der Waals surface area contributed by atoms with Crippen molar-refractivity contribution in [1.29, 1.82) is 5.26 Å². The van der Waals surface area contributed by atoms with Crippen LogP contribution in [0.1, 0.15) is 33.4 Å². The predicted molar refractivity (Wildman–Crippen MR) is 322 cm³/mol. The highest BCUT2D eigenvalue weighted by Gasteiger charge is 2.25. The molecular weight excluding hydrogens is 933 g/mol. The lowest BCUT2D eigenvalue weighted by atomic mass is 9.92. The van der Waals surface area contributed by atoms with Crippen LogP contribution in [0.4, 0.5) is 5.69 Å². The monoisotopic (exact) mass is 984 g/mol. The first-order valence-electron chi connectivity index (χ1n) is 26.2. The second kappa shape index (κ2) is 18.7. The van der Waals surface area contributed by atoms with Crippen LogP contribution in [0.25, 0.3) is 127 Å². The van der Waals surface area contributed by atoms with E-state index in [0.717, 1.165) is 127 Å². The van der Waals surface area contributed by atoms with Crippen molar-refractivity contribution in [3.63, 3.8) is 0 Å². The zero-order valence-electron chi connectivity index (χ0n) is 43.7. The summed E-state index contributed by atoms with van der Waals surface area (Å²) in [7, 11) is 0. The van der Waals surface area contributed by atoms with E-state index in [-0.39, 0.29) is 0 Å². The highest BCUT2D eigenvalue weighted by atomic mass is 15.0. The van der Waals surface area contributed by atoms with Crippen LogP contribution >= 0.6 is 0 Å². The van der Waals surface area contributed by atoms with Crippen LogP contribution in [0.5, 0.6) is 0 Å². The first-order chi connectivity index (χ1) is 37.6. The summed E-state index contributed by atoms with van der Waals surface area (Å²) in [6.45, 7) is 19.6. The average molecular weight is 985 g/mol. The van der Waals surface area contributed by atoms with Crippen LogP contribution in [0.15, 0.2) is 224 Å². The maximum Gasteiger partial charge on any atom is 0.197 e. The van der Waals surface area contributed by atoms with Crippen LogP contribution in [-0.4, -0.2) is 9.13 Å². The molecular formula is C73H52N4. The fourth-order valence-corrected chi connectivity index (χ4v) is 11.5. The number of nitriles is 1. The standard InChI is InChI=1S/C73H52N4/c1-45-10-19-51(20-11-45)55-27-33-67-61(39-55)62-40-56(52-21-12-46(2)13-22-52)28-34-68(62)76(67)71-37-31-59(60-32-18-50(44-74)38-49(60)5)43-65(71)73-66(75-6)8-7-9-72(73)77-69-35-29-57(53-23-14-47(3)15-24-53)41-63(69)64-42-58(30-36-70(64)77)54-25-16-48(4)17-26-54/h7-43H,1-5H3. The lowest BCUT2D eigenvalue weighted by Crippen LogP contribution is -2.02. The van der Waals surface area contributed by atoms with E-state index in [1.165, 1.54) is 22.3 Å². The molecule has 0 N–H and O–H groups in total. The molecule has 364 valence electrons. The van der Waals surface area contributed by atoms with E-state index in [1.54, 1.807) is 0 Å². The number of aromatic nitrogens is 2. The summed E-state index contributed by atoms with van der Waals surface area (Å²) in [6.07, 6.45) is 0. The molecule has 0 bridgehead atoms. The lowest BCUT2D eigenvalue weighted by Gasteiger charge is -2.21. The molecule has 13 rings (SSSR count). The summed E-state index contributed by atoms with van der Waals surface area (Å²) in [4.78, 5) is 4.38. The van der Waals surface area contributed by atoms with Crippen LogP contribution in [0.2, 0.25) is 0 Å². The van der Waals surface area contributed by atoms with Gasteiger partial charge in [0.2, 0.25) is 0 Å². The van der Waals surface area contributed by atoms with Crippen molar-refractivity contribution in [3.05, 3.63) is 269 Å². The molecule has 0 aliphatic carbocycles. The second-order valence-electron chi connectivity index (χ2n) is 20.7. The molecule has 0 fully saturated rings. The van der Waals surface area contributed by atoms with Crippen LogP contribution in [0.3, 0.4) is 0 Å². The molecule has 2 aromatic heterocycles. The van der Waals surface area contributed by atoms with Gasteiger partial charge in [0, 0.05) is 32.8 Å². The Kier molecular flexibility index (Phi) is 11.4. The van der Waals surface area contributed by atoms with Crippen LogP contribution < -0.4 is 0 Å². The minimum Gasteiger partial charge on any atom is -0.310 e. The van der Waals surface area contributed by atoms with E-state index >= 15 is 0 Å². The van der Waals surface area contributed by atoms with Gasteiger partial charge in [-0.25, -0.2) is 4.85 Å². The zero-order chi connectivity index (χ0) is 52.5. The van der Waals surface area contributed by atoms with E-state index in [1.807, 2.05) is 24.3 Å². The van der Waals surface area contributed by atoms with Gasteiger partial charge < -0.3 is 9.13 Å². The van der Waals surface area contributed by atoms with Gasteiger partial charge in [-0.15, -0.1) is 0 Å². The molecule has 77 heavy (non-hydrogen) atoms. The van der Waals surface area contributed by atoms with Crippen molar-refractivity contribution < 1.29 is 0 Å². The third kappa shape index (κ3) is 8.16. The van der Waals surface area contributed by atoms with E-state index < -0.39 is 0 Å². The summed E-state index contributed by atoms with van der Waals surface area (Å²) in [5.41, 5.74) is 26.1. The number of benzene rings is 11. The van der Waals surface area contributed by atoms with Crippen molar-refractivity contribution in [1.82, 2.24) is 9.13 Å². The molecule has 0 atom stereocenters. The zero-order valence-corrected chi connectivity index (χ0v) is 43.7. The molecule has 0 saturated heterocycles. The molecule has 0 saturated carbocycles. The van der Waals surface area contributed by atoms with Gasteiger partial charge in [-0.2, -0.15) is 5.26 Å². The SMILES string of the molecule is [C-]#[N+]c1cccc(-n2c3ccc(-c4ccc(C)cc4)cc3c3cc(-c4ccc(C)cc4)ccc32)c1-c1cc(-c2ccc(C#N)cc2C)ccc1-n1c2ccc(-c3ccc(C)cc3)cc2c2cc(-c3ccc(C)cc3)ccc21. The Balaban J connectivity index is 1.12. The van der Waals surface area contributed by atoms with Gasteiger partial charge in [0.25, 0.3) is 0 Å². The van der Waals surface area contributed by atoms with Gasteiger partial charge in [0.15, 0.2) is 5.69 Å². The highest BCUT2D eigenvalue weighted by molar-refractivity contribution is 6.14. The maximum absolute atomic E-state index is 9.93. The Morgan fingerprint density at radius 1 is 0.351 bits per heavy atom. The number of fused-ring (bicyclic) bond motifs is 6. The minimum atomic E-state index is 0.545.